The third kappa shape index (κ3) is 5.95. The van der Waals surface area contributed by atoms with Crippen molar-refractivity contribution in [3.05, 3.63) is 60.7 Å². The third-order valence-corrected chi connectivity index (χ3v) is 13.7. The summed E-state index contributed by atoms with van der Waals surface area (Å²) in [6.45, 7) is 7.98. The Labute approximate surface area is 253 Å². The maximum atomic E-state index is 13.7. The summed E-state index contributed by atoms with van der Waals surface area (Å²) in [4.78, 5) is 0. The molecule has 0 saturated heterocycles. The summed E-state index contributed by atoms with van der Waals surface area (Å²) in [7, 11) is -3.84. The molecule has 0 bridgehead atoms. The van der Waals surface area contributed by atoms with E-state index in [0.29, 0.717) is 34.9 Å². The lowest BCUT2D eigenvalue weighted by atomic mass is 9.44. The van der Waals surface area contributed by atoms with E-state index in [2.05, 4.69) is 20.8 Å². The van der Waals surface area contributed by atoms with E-state index >= 15 is 0 Å². The van der Waals surface area contributed by atoms with Crippen LogP contribution in [0.2, 0.25) is 0 Å². The SMILES string of the molecule is CC(CCCOP(=O)(Oc1ccccc1)Oc1ccccc1)C1CCC2C3CCC4CC(O)CC[C@]4(C)C3CC[C@]12C. The maximum Gasteiger partial charge on any atom is 0.587 e. The fourth-order valence-corrected chi connectivity index (χ4v) is 11.5. The van der Waals surface area contributed by atoms with Gasteiger partial charge in [-0.15, -0.1) is 0 Å². The van der Waals surface area contributed by atoms with Gasteiger partial charge in [-0.25, -0.2) is 4.57 Å². The zero-order chi connectivity index (χ0) is 29.4. The molecular weight excluding hydrogens is 543 g/mol. The molecular formula is C36H51O5P. The summed E-state index contributed by atoms with van der Waals surface area (Å²) in [6.07, 6.45) is 13.2. The minimum atomic E-state index is -3.84. The summed E-state index contributed by atoms with van der Waals surface area (Å²) in [5.74, 6) is 5.52. The molecule has 0 spiro atoms. The highest BCUT2D eigenvalue weighted by atomic mass is 31.2. The molecule has 230 valence electrons. The molecule has 1 N–H and O–H groups in total. The van der Waals surface area contributed by atoms with Crippen LogP contribution in [0, 0.1) is 46.3 Å². The molecule has 6 rings (SSSR count). The van der Waals surface area contributed by atoms with Crippen molar-refractivity contribution in [2.45, 2.75) is 97.5 Å². The molecule has 4 aliphatic rings. The molecule has 2 aromatic rings. The van der Waals surface area contributed by atoms with Gasteiger partial charge in [-0.2, -0.15) is 0 Å². The van der Waals surface area contributed by atoms with Gasteiger partial charge in [-0.05, 0) is 141 Å². The molecule has 0 amide bonds. The summed E-state index contributed by atoms with van der Waals surface area (Å²) < 4.78 is 31.2. The number of phosphoric acid groups is 1. The van der Waals surface area contributed by atoms with E-state index in [0.717, 1.165) is 55.3 Å². The number of fused-ring (bicyclic) bond motifs is 5. The zero-order valence-electron chi connectivity index (χ0n) is 25.8. The first kappa shape index (κ1) is 30.2. The average molecular weight is 595 g/mol. The van der Waals surface area contributed by atoms with Crippen molar-refractivity contribution in [2.75, 3.05) is 6.61 Å². The second-order valence-electron chi connectivity index (χ2n) is 14.5. The Morgan fingerprint density at radius 1 is 0.833 bits per heavy atom. The Morgan fingerprint density at radius 3 is 2.12 bits per heavy atom. The summed E-state index contributed by atoms with van der Waals surface area (Å²) >= 11 is 0. The van der Waals surface area contributed by atoms with Gasteiger partial charge in [0.05, 0.1) is 12.7 Å². The Hall–Kier alpha value is -1.81. The van der Waals surface area contributed by atoms with Crippen molar-refractivity contribution in [2.24, 2.45) is 46.3 Å². The normalized spacial score (nSPS) is 36.8. The predicted octanol–water partition coefficient (Wildman–Crippen LogP) is 9.71. The van der Waals surface area contributed by atoms with E-state index in [-0.39, 0.29) is 6.10 Å². The molecule has 0 aromatic heterocycles. The number of aliphatic hydroxyl groups excluding tert-OH is 1. The number of phosphoric ester groups is 1. The molecule has 0 heterocycles. The standard InChI is InChI=1S/C36H51O5P/c1-26(11-10-24-39-42(38,40-29-12-6-4-7-13-29)41-30-14-8-5-9-15-30)32-18-19-33-31-17-16-27-25-28(37)20-22-35(27,2)34(31)21-23-36(32,33)3/h4-9,12-15,26-28,31-34,37H,10-11,16-25H2,1-3H3/t26?,27?,28?,31?,32?,33?,34?,35-,36+/m0/s1. The smallest absolute Gasteiger partial charge is 0.395 e. The first-order valence-electron chi connectivity index (χ1n) is 16.6. The second kappa shape index (κ2) is 12.3. The van der Waals surface area contributed by atoms with Gasteiger partial charge < -0.3 is 14.2 Å². The molecule has 42 heavy (non-hydrogen) atoms. The molecule has 6 heteroatoms. The lowest BCUT2D eigenvalue weighted by molar-refractivity contribution is -0.129. The van der Waals surface area contributed by atoms with Crippen molar-refractivity contribution in [1.82, 2.24) is 0 Å². The highest BCUT2D eigenvalue weighted by molar-refractivity contribution is 7.49. The minimum absolute atomic E-state index is 0.0714. The third-order valence-electron chi connectivity index (χ3n) is 12.4. The van der Waals surface area contributed by atoms with Gasteiger partial charge in [0.15, 0.2) is 0 Å². The first-order chi connectivity index (χ1) is 20.2. The van der Waals surface area contributed by atoms with Crippen LogP contribution in [0.15, 0.2) is 60.7 Å². The zero-order valence-corrected chi connectivity index (χ0v) is 26.7. The van der Waals surface area contributed by atoms with Crippen LogP contribution in [0.1, 0.15) is 91.4 Å². The second-order valence-corrected chi connectivity index (χ2v) is 16.0. The molecule has 2 aromatic carbocycles. The quantitative estimate of drug-likeness (QED) is 0.219. The number of benzene rings is 2. The van der Waals surface area contributed by atoms with Crippen LogP contribution < -0.4 is 9.05 Å². The molecule has 0 radical (unpaired) electrons. The van der Waals surface area contributed by atoms with E-state index in [9.17, 15) is 9.67 Å². The van der Waals surface area contributed by atoms with Crippen LogP contribution in [0.5, 0.6) is 11.5 Å². The first-order valence-corrected chi connectivity index (χ1v) is 18.1. The van der Waals surface area contributed by atoms with E-state index < -0.39 is 7.82 Å². The van der Waals surface area contributed by atoms with Crippen molar-refractivity contribution in [1.29, 1.82) is 0 Å². The monoisotopic (exact) mass is 594 g/mol. The summed E-state index contributed by atoms with van der Waals surface area (Å²) in [6, 6.07) is 18.2. The minimum Gasteiger partial charge on any atom is -0.395 e. The Balaban J connectivity index is 1.06. The maximum absolute atomic E-state index is 13.7. The highest BCUT2D eigenvalue weighted by Crippen LogP contribution is 2.68. The van der Waals surface area contributed by atoms with Crippen LogP contribution >= 0.6 is 7.82 Å². The Morgan fingerprint density at radius 2 is 1.45 bits per heavy atom. The van der Waals surface area contributed by atoms with Gasteiger partial charge >= 0.3 is 7.82 Å². The molecule has 7 unspecified atom stereocenters. The van der Waals surface area contributed by atoms with Crippen molar-refractivity contribution >= 4 is 7.82 Å². The Kier molecular flexibility index (Phi) is 8.85. The predicted molar refractivity (Wildman–Crippen MR) is 167 cm³/mol. The van der Waals surface area contributed by atoms with Gasteiger partial charge in [0, 0.05) is 0 Å². The lowest BCUT2D eigenvalue weighted by Gasteiger charge is -2.61. The topological polar surface area (TPSA) is 65.0 Å². The average Bonchev–Trinajstić information content (AvgIpc) is 3.34. The fraction of sp³-hybridized carbons (Fsp3) is 0.667. The van der Waals surface area contributed by atoms with Crippen LogP contribution in [-0.4, -0.2) is 17.8 Å². The van der Waals surface area contributed by atoms with Gasteiger partial charge in [-0.1, -0.05) is 57.2 Å². The lowest BCUT2D eigenvalue weighted by Crippen LogP contribution is -2.54. The number of aliphatic hydroxyl groups is 1. The number of hydrogen-bond acceptors (Lipinski definition) is 5. The number of para-hydroxylation sites is 2. The van der Waals surface area contributed by atoms with E-state index in [1.807, 2.05) is 36.4 Å². The number of rotatable bonds is 10. The van der Waals surface area contributed by atoms with Crippen LogP contribution in [0.4, 0.5) is 0 Å². The van der Waals surface area contributed by atoms with Crippen LogP contribution in [0.25, 0.3) is 0 Å². The van der Waals surface area contributed by atoms with Gasteiger partial charge in [0.1, 0.15) is 11.5 Å². The van der Waals surface area contributed by atoms with Crippen molar-refractivity contribution in [3.8, 4) is 11.5 Å². The Bertz CT molecular complexity index is 1180. The van der Waals surface area contributed by atoms with E-state index in [4.69, 9.17) is 13.6 Å². The molecule has 9 atom stereocenters. The summed E-state index contributed by atoms with van der Waals surface area (Å²) in [5, 5.41) is 10.4. The van der Waals surface area contributed by atoms with Crippen LogP contribution in [0.3, 0.4) is 0 Å². The molecule has 5 nitrogen and oxygen atoms in total. The largest absolute Gasteiger partial charge is 0.587 e. The molecule has 4 fully saturated rings. The van der Waals surface area contributed by atoms with Crippen LogP contribution in [-0.2, 0) is 9.09 Å². The van der Waals surface area contributed by atoms with Crippen molar-refractivity contribution in [3.63, 3.8) is 0 Å². The molecule has 4 saturated carbocycles. The van der Waals surface area contributed by atoms with Gasteiger partial charge in [-0.3, -0.25) is 4.52 Å². The number of hydrogen-bond donors (Lipinski definition) is 1. The summed E-state index contributed by atoms with van der Waals surface area (Å²) in [5.41, 5.74) is 0.850. The fourth-order valence-electron chi connectivity index (χ4n) is 10.3. The van der Waals surface area contributed by atoms with Gasteiger partial charge in [0.25, 0.3) is 0 Å². The molecule has 0 aliphatic heterocycles. The van der Waals surface area contributed by atoms with Gasteiger partial charge in [0.2, 0.25) is 0 Å². The van der Waals surface area contributed by atoms with E-state index in [1.165, 1.54) is 44.9 Å². The molecule has 4 aliphatic carbocycles. The highest BCUT2D eigenvalue weighted by Gasteiger charge is 2.60. The van der Waals surface area contributed by atoms with Crippen molar-refractivity contribution < 1.29 is 23.2 Å². The van der Waals surface area contributed by atoms with E-state index in [1.54, 1.807) is 24.3 Å².